The van der Waals surface area contributed by atoms with Crippen molar-refractivity contribution in [1.82, 2.24) is 0 Å². The summed E-state index contributed by atoms with van der Waals surface area (Å²) >= 11 is 0. The van der Waals surface area contributed by atoms with E-state index < -0.39 is 5.82 Å². The van der Waals surface area contributed by atoms with Crippen LogP contribution in [0.1, 0.15) is 11.1 Å². The summed E-state index contributed by atoms with van der Waals surface area (Å²) in [6.45, 7) is 1.97. The number of nitrogens with zero attached hydrogens (tertiary/aromatic N) is 1. The maximum Gasteiger partial charge on any atom is 0.165 e. The number of benzene rings is 2. The van der Waals surface area contributed by atoms with Crippen LogP contribution in [-0.2, 0) is 6.42 Å². The fraction of sp³-hybridized carbons (Fsp3) is 0.133. The zero-order chi connectivity index (χ0) is 13.0. The second-order valence-electron chi connectivity index (χ2n) is 4.01. The second-order valence-corrected chi connectivity index (χ2v) is 4.01. The Hall–Kier alpha value is -2.34. The topological polar surface area (TPSA) is 33.0 Å². The van der Waals surface area contributed by atoms with Gasteiger partial charge in [0, 0.05) is 0 Å². The smallest absolute Gasteiger partial charge is 0.165 e. The van der Waals surface area contributed by atoms with Gasteiger partial charge >= 0.3 is 0 Å². The number of halogens is 1. The molecule has 0 aliphatic rings. The van der Waals surface area contributed by atoms with E-state index in [1.165, 1.54) is 6.07 Å². The van der Waals surface area contributed by atoms with E-state index in [-0.39, 0.29) is 12.2 Å². The van der Waals surface area contributed by atoms with Crippen molar-refractivity contribution < 1.29 is 9.13 Å². The van der Waals surface area contributed by atoms with Crippen LogP contribution >= 0.6 is 0 Å². The molecule has 2 nitrogen and oxygen atoms in total. The molecule has 0 aliphatic heterocycles. The van der Waals surface area contributed by atoms with Gasteiger partial charge in [-0.3, -0.25) is 0 Å². The predicted octanol–water partition coefficient (Wildman–Crippen LogP) is 3.99. The number of rotatable bonds is 3. The molecule has 0 saturated carbocycles. The third kappa shape index (κ3) is 2.86. The predicted molar refractivity (Wildman–Crippen MR) is 67.0 cm³/mol. The Morgan fingerprint density at radius 1 is 1.17 bits per heavy atom. The third-order valence-corrected chi connectivity index (χ3v) is 2.53. The molecule has 0 N–H and O–H groups in total. The average Bonchev–Trinajstić information content (AvgIpc) is 2.36. The van der Waals surface area contributed by atoms with Gasteiger partial charge in [0.25, 0.3) is 0 Å². The van der Waals surface area contributed by atoms with Crippen LogP contribution in [0.4, 0.5) is 4.39 Å². The minimum Gasteiger partial charge on any atom is -0.454 e. The van der Waals surface area contributed by atoms with Gasteiger partial charge < -0.3 is 4.74 Å². The molecule has 0 radical (unpaired) electrons. The van der Waals surface area contributed by atoms with E-state index in [9.17, 15) is 4.39 Å². The Labute approximate surface area is 105 Å². The van der Waals surface area contributed by atoms with Gasteiger partial charge in [0.1, 0.15) is 5.75 Å². The van der Waals surface area contributed by atoms with Crippen LogP contribution in [0.25, 0.3) is 0 Å². The molecular formula is C15H12FNO. The van der Waals surface area contributed by atoms with E-state index >= 15 is 0 Å². The highest BCUT2D eigenvalue weighted by Gasteiger charge is 2.06. The molecule has 90 valence electrons. The van der Waals surface area contributed by atoms with Crippen LogP contribution < -0.4 is 4.74 Å². The van der Waals surface area contributed by atoms with E-state index in [4.69, 9.17) is 10.00 Å². The molecule has 0 amide bonds. The first kappa shape index (κ1) is 12.1. The minimum absolute atomic E-state index is 0.145. The summed E-state index contributed by atoms with van der Waals surface area (Å²) in [6.07, 6.45) is 0.241. The molecule has 0 fully saturated rings. The van der Waals surface area contributed by atoms with Gasteiger partial charge in [-0.2, -0.15) is 5.26 Å². The summed E-state index contributed by atoms with van der Waals surface area (Å²) in [6, 6.07) is 13.8. The Morgan fingerprint density at radius 3 is 2.56 bits per heavy atom. The van der Waals surface area contributed by atoms with Gasteiger partial charge in [0.15, 0.2) is 11.6 Å². The average molecular weight is 241 g/mol. The summed E-state index contributed by atoms with van der Waals surface area (Å²) in [7, 11) is 0. The number of ether oxygens (including phenoxy) is 1. The van der Waals surface area contributed by atoms with Crippen LogP contribution in [-0.4, -0.2) is 0 Å². The lowest BCUT2D eigenvalue weighted by molar-refractivity contribution is 0.441. The number of nitriles is 1. The van der Waals surface area contributed by atoms with Crippen molar-refractivity contribution in [1.29, 1.82) is 5.26 Å². The zero-order valence-electron chi connectivity index (χ0n) is 9.98. The van der Waals surface area contributed by atoms with E-state index in [0.717, 1.165) is 11.1 Å². The van der Waals surface area contributed by atoms with Crippen LogP contribution in [0.15, 0.2) is 42.5 Å². The van der Waals surface area contributed by atoms with Crippen molar-refractivity contribution in [3.05, 3.63) is 59.4 Å². The van der Waals surface area contributed by atoms with Gasteiger partial charge in [-0.15, -0.1) is 0 Å². The molecule has 0 aromatic heterocycles. The van der Waals surface area contributed by atoms with E-state index in [2.05, 4.69) is 0 Å². The summed E-state index contributed by atoms with van der Waals surface area (Å²) in [5.74, 6) is 0.289. The molecule has 18 heavy (non-hydrogen) atoms. The summed E-state index contributed by atoms with van der Waals surface area (Å²) in [5.41, 5.74) is 1.85. The van der Waals surface area contributed by atoms with Crippen LogP contribution in [0.3, 0.4) is 0 Å². The first-order valence-electron chi connectivity index (χ1n) is 5.59. The number of hydrogen-bond donors (Lipinski definition) is 0. The van der Waals surface area contributed by atoms with E-state index in [0.29, 0.717) is 5.75 Å². The van der Waals surface area contributed by atoms with Gasteiger partial charge in [0.05, 0.1) is 12.5 Å². The Balaban J connectivity index is 2.25. The normalized spacial score (nSPS) is 9.83. The molecular weight excluding hydrogens is 229 g/mol. The molecule has 2 rings (SSSR count). The third-order valence-electron chi connectivity index (χ3n) is 2.53. The van der Waals surface area contributed by atoms with Gasteiger partial charge in [-0.25, -0.2) is 4.39 Å². The Kier molecular flexibility index (Phi) is 3.59. The highest BCUT2D eigenvalue weighted by molar-refractivity contribution is 5.36. The van der Waals surface area contributed by atoms with E-state index in [1.807, 2.05) is 25.1 Å². The van der Waals surface area contributed by atoms with Crippen molar-refractivity contribution in [3.8, 4) is 17.6 Å². The first-order valence-corrected chi connectivity index (χ1v) is 5.59. The fourth-order valence-corrected chi connectivity index (χ4v) is 1.56. The van der Waals surface area contributed by atoms with Crippen molar-refractivity contribution in [2.24, 2.45) is 0 Å². The quantitative estimate of drug-likeness (QED) is 0.813. The lowest BCUT2D eigenvalue weighted by Gasteiger charge is -2.08. The lowest BCUT2D eigenvalue weighted by Crippen LogP contribution is -1.91. The first-order chi connectivity index (χ1) is 8.69. The van der Waals surface area contributed by atoms with Crippen LogP contribution in [0.2, 0.25) is 0 Å². The van der Waals surface area contributed by atoms with Gasteiger partial charge in [-0.05, 0) is 36.8 Å². The molecule has 3 heteroatoms. The molecule has 0 spiro atoms. The molecule has 2 aromatic carbocycles. The van der Waals surface area contributed by atoms with Crippen LogP contribution in [0, 0.1) is 24.1 Å². The van der Waals surface area contributed by atoms with Crippen molar-refractivity contribution >= 4 is 0 Å². The zero-order valence-corrected chi connectivity index (χ0v) is 9.98. The molecule has 0 saturated heterocycles. The Bertz CT molecular complexity index is 584. The molecule has 0 bridgehead atoms. The summed E-state index contributed by atoms with van der Waals surface area (Å²) < 4.78 is 19.0. The second kappa shape index (κ2) is 5.33. The van der Waals surface area contributed by atoms with Crippen molar-refractivity contribution in [2.75, 3.05) is 0 Å². The maximum absolute atomic E-state index is 13.6. The molecule has 0 heterocycles. The van der Waals surface area contributed by atoms with Gasteiger partial charge in [0.2, 0.25) is 0 Å². The number of hydrogen-bond acceptors (Lipinski definition) is 2. The number of aryl methyl sites for hydroxylation is 1. The van der Waals surface area contributed by atoms with Crippen LogP contribution in [0.5, 0.6) is 11.5 Å². The standard InChI is InChI=1S/C15H12FNO/c1-11-2-5-13(6-3-11)18-15-10-12(8-9-17)4-7-14(15)16/h2-7,10H,8H2,1H3. The molecule has 0 atom stereocenters. The molecule has 0 unspecified atom stereocenters. The summed E-state index contributed by atoms with van der Waals surface area (Å²) in [4.78, 5) is 0. The van der Waals surface area contributed by atoms with Gasteiger partial charge in [-0.1, -0.05) is 23.8 Å². The highest BCUT2D eigenvalue weighted by atomic mass is 19.1. The highest BCUT2D eigenvalue weighted by Crippen LogP contribution is 2.25. The monoisotopic (exact) mass is 241 g/mol. The molecule has 2 aromatic rings. The Morgan fingerprint density at radius 2 is 1.89 bits per heavy atom. The largest absolute Gasteiger partial charge is 0.454 e. The maximum atomic E-state index is 13.6. The summed E-state index contributed by atoms with van der Waals surface area (Å²) in [5, 5.41) is 8.62. The fourth-order valence-electron chi connectivity index (χ4n) is 1.56. The van der Waals surface area contributed by atoms with Crippen molar-refractivity contribution in [3.63, 3.8) is 0 Å². The van der Waals surface area contributed by atoms with Crippen molar-refractivity contribution in [2.45, 2.75) is 13.3 Å². The molecule has 0 aliphatic carbocycles. The minimum atomic E-state index is -0.433. The lowest BCUT2D eigenvalue weighted by atomic mass is 10.1. The SMILES string of the molecule is Cc1ccc(Oc2cc(CC#N)ccc2F)cc1. The van der Waals surface area contributed by atoms with E-state index in [1.54, 1.807) is 24.3 Å².